The number of hydrogen-bond donors (Lipinski definition) is 1. The van der Waals surface area contributed by atoms with Crippen molar-refractivity contribution < 1.29 is 4.74 Å². The zero-order valence-electron chi connectivity index (χ0n) is 8.28. The van der Waals surface area contributed by atoms with Crippen molar-refractivity contribution in [1.29, 1.82) is 0 Å². The normalized spacial score (nSPS) is 15.7. The summed E-state index contributed by atoms with van der Waals surface area (Å²) in [5, 5.41) is 0. The average Bonchev–Trinajstić information content (AvgIpc) is 2.96. The molecule has 1 aliphatic carbocycles. The molecule has 0 unspecified atom stereocenters. The zero-order valence-corrected chi connectivity index (χ0v) is 8.28. The third-order valence-electron chi connectivity index (χ3n) is 2.48. The lowest BCUT2D eigenvalue weighted by Crippen LogP contribution is -1.98. The van der Waals surface area contributed by atoms with Crippen molar-refractivity contribution in [2.45, 2.75) is 25.9 Å². The van der Waals surface area contributed by atoms with Crippen LogP contribution in [-0.4, -0.2) is 11.6 Å². The van der Waals surface area contributed by atoms with E-state index in [1.165, 1.54) is 19.3 Å². The van der Waals surface area contributed by atoms with Crippen molar-refractivity contribution >= 4 is 5.82 Å². The van der Waals surface area contributed by atoms with Gasteiger partial charge in [0.1, 0.15) is 5.82 Å². The highest BCUT2D eigenvalue weighted by molar-refractivity contribution is 5.31. The van der Waals surface area contributed by atoms with Gasteiger partial charge in [-0.05, 0) is 30.0 Å². The standard InChI is InChI=1S/C11H16N2O/c12-11-7-10(3-5-13-11)8-14-6-4-9-1-2-9/h3,5,7,9H,1-2,4,6,8H2,(H2,12,13). The summed E-state index contributed by atoms with van der Waals surface area (Å²) in [6.45, 7) is 1.52. The third kappa shape index (κ3) is 3.00. The molecule has 0 radical (unpaired) electrons. The summed E-state index contributed by atoms with van der Waals surface area (Å²) in [5.74, 6) is 1.51. The van der Waals surface area contributed by atoms with Crippen LogP contribution in [0.3, 0.4) is 0 Å². The summed E-state index contributed by atoms with van der Waals surface area (Å²) >= 11 is 0. The highest BCUT2D eigenvalue weighted by Gasteiger charge is 2.20. The predicted molar refractivity (Wildman–Crippen MR) is 55.6 cm³/mol. The summed E-state index contributed by atoms with van der Waals surface area (Å²) in [5.41, 5.74) is 6.66. The number of ether oxygens (including phenoxy) is 1. The first kappa shape index (κ1) is 9.46. The molecule has 2 rings (SSSR count). The largest absolute Gasteiger partial charge is 0.384 e. The SMILES string of the molecule is Nc1cc(COCCC2CC2)ccn1. The molecule has 0 atom stereocenters. The summed E-state index contributed by atoms with van der Waals surface area (Å²) in [4.78, 5) is 3.93. The number of anilines is 1. The van der Waals surface area contributed by atoms with Gasteiger partial charge in [-0.15, -0.1) is 0 Å². The molecule has 1 heterocycles. The van der Waals surface area contributed by atoms with Crippen molar-refractivity contribution in [1.82, 2.24) is 4.98 Å². The number of pyridine rings is 1. The maximum absolute atomic E-state index is 5.55. The molecule has 0 amide bonds. The Morgan fingerprint density at radius 3 is 3.07 bits per heavy atom. The Morgan fingerprint density at radius 2 is 2.36 bits per heavy atom. The molecule has 0 spiro atoms. The summed E-state index contributed by atoms with van der Waals surface area (Å²) in [7, 11) is 0. The van der Waals surface area contributed by atoms with E-state index >= 15 is 0 Å². The van der Waals surface area contributed by atoms with E-state index in [1.807, 2.05) is 12.1 Å². The highest BCUT2D eigenvalue weighted by atomic mass is 16.5. The maximum atomic E-state index is 5.55. The first-order chi connectivity index (χ1) is 6.84. The van der Waals surface area contributed by atoms with Crippen LogP contribution in [0.4, 0.5) is 5.82 Å². The smallest absolute Gasteiger partial charge is 0.123 e. The molecular formula is C11H16N2O. The number of hydrogen-bond acceptors (Lipinski definition) is 3. The van der Waals surface area contributed by atoms with Gasteiger partial charge in [-0.2, -0.15) is 0 Å². The van der Waals surface area contributed by atoms with Crippen LogP contribution in [0, 0.1) is 5.92 Å². The highest BCUT2D eigenvalue weighted by Crippen LogP contribution is 2.32. The molecule has 0 aliphatic heterocycles. The van der Waals surface area contributed by atoms with Crippen LogP contribution in [0.2, 0.25) is 0 Å². The lowest BCUT2D eigenvalue weighted by molar-refractivity contribution is 0.115. The van der Waals surface area contributed by atoms with Crippen LogP contribution in [-0.2, 0) is 11.3 Å². The Balaban J connectivity index is 1.68. The van der Waals surface area contributed by atoms with Crippen molar-refractivity contribution in [2.75, 3.05) is 12.3 Å². The number of nitrogen functional groups attached to an aromatic ring is 1. The van der Waals surface area contributed by atoms with E-state index in [0.717, 1.165) is 18.1 Å². The molecule has 14 heavy (non-hydrogen) atoms. The molecule has 1 aromatic heterocycles. The first-order valence-corrected chi connectivity index (χ1v) is 5.13. The molecule has 3 nitrogen and oxygen atoms in total. The molecule has 1 aliphatic rings. The Hall–Kier alpha value is -1.09. The fraction of sp³-hybridized carbons (Fsp3) is 0.545. The van der Waals surface area contributed by atoms with Crippen molar-refractivity contribution in [3.63, 3.8) is 0 Å². The fourth-order valence-corrected chi connectivity index (χ4v) is 1.43. The van der Waals surface area contributed by atoms with E-state index in [1.54, 1.807) is 6.20 Å². The minimum absolute atomic E-state index is 0.563. The third-order valence-corrected chi connectivity index (χ3v) is 2.48. The van der Waals surface area contributed by atoms with Crippen molar-refractivity contribution in [3.8, 4) is 0 Å². The van der Waals surface area contributed by atoms with Gasteiger partial charge in [-0.1, -0.05) is 12.8 Å². The Kier molecular flexibility index (Phi) is 2.99. The molecule has 0 saturated heterocycles. The second kappa shape index (κ2) is 4.42. The second-order valence-corrected chi connectivity index (χ2v) is 3.87. The monoisotopic (exact) mass is 192 g/mol. The molecule has 0 bridgehead atoms. The lowest BCUT2D eigenvalue weighted by atomic mass is 10.3. The van der Waals surface area contributed by atoms with Crippen molar-refractivity contribution in [2.24, 2.45) is 5.92 Å². The van der Waals surface area contributed by atoms with E-state index < -0.39 is 0 Å². The quantitative estimate of drug-likeness (QED) is 0.726. The van der Waals surface area contributed by atoms with Gasteiger partial charge in [-0.25, -0.2) is 4.98 Å². The Labute approximate surface area is 84.3 Å². The zero-order chi connectivity index (χ0) is 9.80. The second-order valence-electron chi connectivity index (χ2n) is 3.87. The first-order valence-electron chi connectivity index (χ1n) is 5.13. The van der Waals surface area contributed by atoms with Crippen LogP contribution >= 0.6 is 0 Å². The van der Waals surface area contributed by atoms with Gasteiger partial charge in [0.25, 0.3) is 0 Å². The molecular weight excluding hydrogens is 176 g/mol. The number of rotatable bonds is 5. The van der Waals surface area contributed by atoms with E-state index in [4.69, 9.17) is 10.5 Å². The molecule has 2 N–H and O–H groups in total. The van der Waals surface area contributed by atoms with E-state index in [9.17, 15) is 0 Å². The lowest BCUT2D eigenvalue weighted by Gasteiger charge is -2.03. The average molecular weight is 192 g/mol. The molecule has 1 saturated carbocycles. The summed E-state index contributed by atoms with van der Waals surface area (Å²) < 4.78 is 5.54. The van der Waals surface area contributed by atoms with Gasteiger partial charge in [0.15, 0.2) is 0 Å². The molecule has 3 heteroatoms. The maximum Gasteiger partial charge on any atom is 0.123 e. The van der Waals surface area contributed by atoms with Crippen LogP contribution < -0.4 is 5.73 Å². The van der Waals surface area contributed by atoms with Gasteiger partial charge >= 0.3 is 0 Å². The van der Waals surface area contributed by atoms with Crippen molar-refractivity contribution in [3.05, 3.63) is 23.9 Å². The minimum Gasteiger partial charge on any atom is -0.384 e. The number of nitrogens with two attached hydrogens (primary N) is 1. The van der Waals surface area contributed by atoms with Crippen LogP contribution in [0.25, 0.3) is 0 Å². The molecule has 1 aromatic rings. The number of aromatic nitrogens is 1. The molecule has 0 aromatic carbocycles. The predicted octanol–water partition coefficient (Wildman–Crippen LogP) is 1.98. The Morgan fingerprint density at radius 1 is 1.50 bits per heavy atom. The van der Waals surface area contributed by atoms with E-state index in [0.29, 0.717) is 12.4 Å². The van der Waals surface area contributed by atoms with Gasteiger partial charge in [0.05, 0.1) is 6.61 Å². The van der Waals surface area contributed by atoms with Crippen LogP contribution in [0.5, 0.6) is 0 Å². The van der Waals surface area contributed by atoms with Gasteiger partial charge in [0, 0.05) is 12.8 Å². The van der Waals surface area contributed by atoms with E-state index in [-0.39, 0.29) is 0 Å². The van der Waals surface area contributed by atoms with Crippen LogP contribution in [0.15, 0.2) is 18.3 Å². The fourth-order valence-electron chi connectivity index (χ4n) is 1.43. The molecule has 1 fully saturated rings. The van der Waals surface area contributed by atoms with Gasteiger partial charge < -0.3 is 10.5 Å². The van der Waals surface area contributed by atoms with Gasteiger partial charge in [-0.3, -0.25) is 0 Å². The van der Waals surface area contributed by atoms with Crippen LogP contribution in [0.1, 0.15) is 24.8 Å². The van der Waals surface area contributed by atoms with Gasteiger partial charge in [0.2, 0.25) is 0 Å². The molecule has 76 valence electrons. The summed E-state index contributed by atoms with van der Waals surface area (Å²) in [6.07, 6.45) is 5.71. The minimum atomic E-state index is 0.563. The topological polar surface area (TPSA) is 48.1 Å². The van der Waals surface area contributed by atoms with E-state index in [2.05, 4.69) is 4.98 Å². The summed E-state index contributed by atoms with van der Waals surface area (Å²) in [6, 6.07) is 3.80. The Bertz CT molecular complexity index is 297. The number of nitrogens with zero attached hydrogens (tertiary/aromatic N) is 1.